The second-order valence-corrected chi connectivity index (χ2v) is 6.74. The second-order valence-electron chi connectivity index (χ2n) is 6.74. The molecule has 2 aromatic rings. The third-order valence-corrected chi connectivity index (χ3v) is 4.38. The summed E-state index contributed by atoms with van der Waals surface area (Å²) in [5.74, 6) is -1.80. The van der Waals surface area contributed by atoms with E-state index in [1.807, 2.05) is 19.9 Å². The highest BCUT2D eigenvalue weighted by Gasteiger charge is 2.19. The average molecular weight is 396 g/mol. The van der Waals surface area contributed by atoms with Gasteiger partial charge >= 0.3 is 5.97 Å². The lowest BCUT2D eigenvalue weighted by Gasteiger charge is -2.14. The van der Waals surface area contributed by atoms with Crippen molar-refractivity contribution in [2.45, 2.75) is 33.8 Å². The van der Waals surface area contributed by atoms with Gasteiger partial charge in [0.1, 0.15) is 6.54 Å². The molecule has 29 heavy (non-hydrogen) atoms. The topological polar surface area (TPSA) is 102 Å². The summed E-state index contributed by atoms with van der Waals surface area (Å²) in [6, 6.07) is 11.7. The zero-order valence-electron chi connectivity index (χ0n) is 16.9. The van der Waals surface area contributed by atoms with Crippen LogP contribution in [0.15, 0.2) is 42.5 Å². The number of esters is 1. The minimum absolute atomic E-state index is 0.125. The minimum Gasteiger partial charge on any atom is -0.451 e. The zero-order valence-corrected chi connectivity index (χ0v) is 16.9. The predicted molar refractivity (Wildman–Crippen MR) is 109 cm³/mol. The SMILES string of the molecule is CC(=O)c1cccc(NC(=O)[C@@H](C)OC(=O)CNC(=O)c2ccc(C)c(C)c2)c1. The summed E-state index contributed by atoms with van der Waals surface area (Å²) in [7, 11) is 0. The van der Waals surface area contributed by atoms with Gasteiger partial charge in [-0.2, -0.15) is 0 Å². The van der Waals surface area contributed by atoms with Crippen LogP contribution in [0.2, 0.25) is 0 Å². The van der Waals surface area contributed by atoms with E-state index in [-0.39, 0.29) is 12.3 Å². The Labute approximate surface area is 169 Å². The molecular weight excluding hydrogens is 372 g/mol. The number of ketones is 1. The number of carbonyl (C=O) groups excluding carboxylic acids is 4. The molecule has 0 aliphatic carbocycles. The van der Waals surface area contributed by atoms with Gasteiger partial charge in [0, 0.05) is 16.8 Å². The molecule has 2 N–H and O–H groups in total. The Hall–Kier alpha value is -3.48. The Bertz CT molecular complexity index is 952. The van der Waals surface area contributed by atoms with E-state index in [9.17, 15) is 19.2 Å². The molecule has 0 spiro atoms. The molecule has 2 aromatic carbocycles. The van der Waals surface area contributed by atoms with Crippen molar-refractivity contribution in [1.82, 2.24) is 5.32 Å². The fraction of sp³-hybridized carbons (Fsp3) is 0.273. The number of amides is 2. The van der Waals surface area contributed by atoms with Crippen LogP contribution in [-0.4, -0.2) is 36.2 Å². The molecule has 0 aromatic heterocycles. The van der Waals surface area contributed by atoms with Crippen LogP contribution in [0.25, 0.3) is 0 Å². The van der Waals surface area contributed by atoms with E-state index in [2.05, 4.69) is 10.6 Å². The van der Waals surface area contributed by atoms with Gasteiger partial charge in [-0.05, 0) is 63.1 Å². The number of benzene rings is 2. The number of ether oxygens (including phenoxy) is 1. The number of rotatable bonds is 7. The number of nitrogens with one attached hydrogen (secondary N) is 2. The van der Waals surface area contributed by atoms with Gasteiger partial charge in [0.2, 0.25) is 0 Å². The Morgan fingerprint density at radius 3 is 2.34 bits per heavy atom. The molecule has 0 heterocycles. The predicted octanol–water partition coefficient (Wildman–Crippen LogP) is 2.81. The van der Waals surface area contributed by atoms with E-state index < -0.39 is 23.9 Å². The van der Waals surface area contributed by atoms with Crippen LogP contribution in [0.4, 0.5) is 5.69 Å². The van der Waals surface area contributed by atoms with Crippen LogP contribution in [-0.2, 0) is 14.3 Å². The van der Waals surface area contributed by atoms with Crippen LogP contribution in [0.5, 0.6) is 0 Å². The monoisotopic (exact) mass is 396 g/mol. The van der Waals surface area contributed by atoms with Crippen molar-refractivity contribution in [2.24, 2.45) is 0 Å². The van der Waals surface area contributed by atoms with Crippen LogP contribution in [0.3, 0.4) is 0 Å². The summed E-state index contributed by atoms with van der Waals surface area (Å²) in [5, 5.41) is 5.07. The lowest BCUT2D eigenvalue weighted by atomic mass is 10.1. The van der Waals surface area contributed by atoms with Gasteiger partial charge in [0.15, 0.2) is 11.9 Å². The lowest BCUT2D eigenvalue weighted by molar-refractivity contribution is -0.152. The first-order chi connectivity index (χ1) is 13.7. The molecule has 2 amide bonds. The fourth-order valence-corrected chi connectivity index (χ4v) is 2.49. The lowest BCUT2D eigenvalue weighted by Crippen LogP contribution is -2.35. The normalized spacial score (nSPS) is 11.3. The molecule has 0 radical (unpaired) electrons. The van der Waals surface area contributed by atoms with Gasteiger partial charge in [-0.15, -0.1) is 0 Å². The number of anilines is 1. The van der Waals surface area contributed by atoms with E-state index in [0.29, 0.717) is 16.8 Å². The molecule has 0 saturated heterocycles. The maximum Gasteiger partial charge on any atom is 0.326 e. The standard InChI is InChI=1S/C22H24N2O5/c1-13-8-9-18(10-14(13)2)22(28)23-12-20(26)29-16(4)21(27)24-19-7-5-6-17(11-19)15(3)25/h5-11,16H,12H2,1-4H3,(H,23,28)(H,24,27)/t16-/m1/s1. The van der Waals surface area contributed by atoms with E-state index in [1.165, 1.54) is 13.8 Å². The van der Waals surface area contributed by atoms with Gasteiger partial charge in [0.25, 0.3) is 11.8 Å². The molecule has 0 saturated carbocycles. The fourth-order valence-electron chi connectivity index (χ4n) is 2.49. The first-order valence-electron chi connectivity index (χ1n) is 9.14. The van der Waals surface area contributed by atoms with Crippen LogP contribution < -0.4 is 10.6 Å². The molecule has 0 unspecified atom stereocenters. The van der Waals surface area contributed by atoms with E-state index in [4.69, 9.17) is 4.74 Å². The molecule has 7 nitrogen and oxygen atoms in total. The Balaban J connectivity index is 1.85. The number of aryl methyl sites for hydroxylation is 2. The number of carbonyl (C=O) groups is 4. The molecule has 2 rings (SSSR count). The van der Waals surface area contributed by atoms with Crippen LogP contribution in [0, 0.1) is 13.8 Å². The van der Waals surface area contributed by atoms with Crippen LogP contribution >= 0.6 is 0 Å². The van der Waals surface area contributed by atoms with Gasteiger partial charge in [-0.1, -0.05) is 18.2 Å². The third-order valence-electron chi connectivity index (χ3n) is 4.38. The van der Waals surface area contributed by atoms with Gasteiger partial charge in [-0.25, -0.2) is 0 Å². The highest BCUT2D eigenvalue weighted by Crippen LogP contribution is 2.12. The van der Waals surface area contributed by atoms with Gasteiger partial charge in [0.05, 0.1) is 0 Å². The summed E-state index contributed by atoms with van der Waals surface area (Å²) in [4.78, 5) is 47.7. The molecule has 0 fully saturated rings. The largest absolute Gasteiger partial charge is 0.451 e. The molecule has 1 atom stereocenters. The molecule has 0 bridgehead atoms. The van der Waals surface area contributed by atoms with Gasteiger partial charge in [-0.3, -0.25) is 19.2 Å². The molecule has 152 valence electrons. The maximum absolute atomic E-state index is 12.2. The summed E-state index contributed by atoms with van der Waals surface area (Å²) >= 11 is 0. The summed E-state index contributed by atoms with van der Waals surface area (Å²) in [5.41, 5.74) is 3.36. The first kappa shape index (κ1) is 21.8. The molecule has 7 heteroatoms. The molecule has 0 aliphatic heterocycles. The molecular formula is C22H24N2O5. The number of hydrogen-bond acceptors (Lipinski definition) is 5. The first-order valence-corrected chi connectivity index (χ1v) is 9.14. The van der Waals surface area contributed by atoms with Crippen LogP contribution in [0.1, 0.15) is 45.7 Å². The Kier molecular flexibility index (Phi) is 7.25. The van der Waals surface area contributed by atoms with Crippen molar-refractivity contribution >= 4 is 29.3 Å². The van der Waals surface area contributed by atoms with Crippen molar-refractivity contribution in [1.29, 1.82) is 0 Å². The molecule has 0 aliphatic rings. The second kappa shape index (κ2) is 9.64. The minimum atomic E-state index is -1.07. The van der Waals surface area contributed by atoms with Crippen molar-refractivity contribution in [3.05, 3.63) is 64.7 Å². The van der Waals surface area contributed by atoms with E-state index in [0.717, 1.165) is 11.1 Å². The van der Waals surface area contributed by atoms with Gasteiger partial charge < -0.3 is 15.4 Å². The third kappa shape index (κ3) is 6.27. The zero-order chi connectivity index (χ0) is 21.6. The summed E-state index contributed by atoms with van der Waals surface area (Å²) < 4.78 is 5.06. The van der Waals surface area contributed by atoms with Crippen molar-refractivity contribution in [3.63, 3.8) is 0 Å². The van der Waals surface area contributed by atoms with Crippen molar-refractivity contribution < 1.29 is 23.9 Å². The quantitative estimate of drug-likeness (QED) is 0.554. The average Bonchev–Trinajstić information content (AvgIpc) is 2.68. The van der Waals surface area contributed by atoms with E-state index >= 15 is 0 Å². The van der Waals surface area contributed by atoms with Crippen molar-refractivity contribution in [2.75, 3.05) is 11.9 Å². The summed E-state index contributed by atoms with van der Waals surface area (Å²) in [6.45, 7) is 6.33. The highest BCUT2D eigenvalue weighted by atomic mass is 16.5. The summed E-state index contributed by atoms with van der Waals surface area (Å²) in [6.07, 6.45) is -1.07. The smallest absolute Gasteiger partial charge is 0.326 e. The number of Topliss-reactive ketones (excluding diaryl/α,β-unsaturated/α-hetero) is 1. The maximum atomic E-state index is 12.2. The highest BCUT2D eigenvalue weighted by molar-refractivity contribution is 5.99. The van der Waals surface area contributed by atoms with Crippen molar-refractivity contribution in [3.8, 4) is 0 Å². The Morgan fingerprint density at radius 2 is 1.69 bits per heavy atom. The number of hydrogen-bond donors (Lipinski definition) is 2. The Morgan fingerprint density at radius 1 is 0.966 bits per heavy atom. The van der Waals surface area contributed by atoms with E-state index in [1.54, 1.807) is 36.4 Å².